The van der Waals surface area contributed by atoms with Crippen LogP contribution >= 0.6 is 11.3 Å². The maximum Gasteiger partial charge on any atom is 0.134 e. The van der Waals surface area contributed by atoms with Gasteiger partial charge in [0, 0.05) is 15.8 Å². The molecule has 0 radical (unpaired) electrons. The molecule has 1 N–H and O–H groups in total. The highest BCUT2D eigenvalue weighted by Crippen LogP contribution is 2.32. The Morgan fingerprint density at radius 1 is 1.21 bits per heavy atom. The number of fused-ring (bicyclic) bond motifs is 1. The van der Waals surface area contributed by atoms with Gasteiger partial charge in [0.2, 0.25) is 0 Å². The minimum Gasteiger partial charge on any atom is -0.464 e. The Morgan fingerprint density at radius 3 is 2.89 bits per heavy atom. The molecule has 98 valence electrons. The smallest absolute Gasteiger partial charge is 0.134 e. The molecule has 2 heterocycles. The molecule has 1 aromatic carbocycles. The Hall–Kier alpha value is -1.58. The number of thiophene rings is 1. The second-order valence-corrected chi connectivity index (χ2v) is 5.57. The average molecular weight is 271 g/mol. The topological polar surface area (TPSA) is 25.2 Å². The lowest BCUT2D eigenvalue weighted by atomic mass is 10.0. The van der Waals surface area contributed by atoms with E-state index in [-0.39, 0.29) is 6.04 Å². The molecule has 3 rings (SSSR count). The van der Waals surface area contributed by atoms with Crippen molar-refractivity contribution in [3.63, 3.8) is 0 Å². The van der Waals surface area contributed by atoms with Crippen molar-refractivity contribution in [2.75, 3.05) is 6.54 Å². The van der Waals surface area contributed by atoms with E-state index >= 15 is 0 Å². The molecule has 19 heavy (non-hydrogen) atoms. The summed E-state index contributed by atoms with van der Waals surface area (Å²) in [5.74, 6) is 0. The molecule has 0 fully saturated rings. The largest absolute Gasteiger partial charge is 0.464 e. The van der Waals surface area contributed by atoms with E-state index in [1.54, 1.807) is 11.3 Å². The summed E-state index contributed by atoms with van der Waals surface area (Å²) in [5, 5.41) is 6.94. The summed E-state index contributed by atoms with van der Waals surface area (Å²) in [4.78, 5) is 1.33. The number of hydrogen-bond acceptors (Lipinski definition) is 3. The molecule has 1 unspecified atom stereocenters. The Balaban J connectivity index is 2.03. The van der Waals surface area contributed by atoms with Crippen LogP contribution in [0.15, 0.2) is 52.5 Å². The van der Waals surface area contributed by atoms with Crippen LogP contribution < -0.4 is 5.32 Å². The SMILES string of the molecule is CCCNC(c1cccs1)c1coc2ccccc12. The van der Waals surface area contributed by atoms with Crippen LogP contribution in [-0.2, 0) is 0 Å². The molecular weight excluding hydrogens is 254 g/mol. The van der Waals surface area contributed by atoms with Crippen molar-refractivity contribution in [3.05, 3.63) is 58.5 Å². The standard InChI is InChI=1S/C16H17NOS/c1-2-9-17-16(15-8-5-10-19-15)13-11-18-14-7-4-3-6-12(13)14/h3-8,10-11,16-17H,2,9H2,1H3. The first-order valence-electron chi connectivity index (χ1n) is 6.63. The average Bonchev–Trinajstić information content (AvgIpc) is 3.09. The van der Waals surface area contributed by atoms with Gasteiger partial charge in [0.15, 0.2) is 0 Å². The van der Waals surface area contributed by atoms with Crippen molar-refractivity contribution in [3.8, 4) is 0 Å². The third kappa shape index (κ3) is 2.44. The van der Waals surface area contributed by atoms with Crippen LogP contribution in [0.5, 0.6) is 0 Å². The summed E-state index contributed by atoms with van der Waals surface area (Å²) in [7, 11) is 0. The summed E-state index contributed by atoms with van der Waals surface area (Å²) in [6, 6.07) is 12.7. The summed E-state index contributed by atoms with van der Waals surface area (Å²) in [6.07, 6.45) is 3.01. The first-order chi connectivity index (χ1) is 9.40. The molecule has 0 aliphatic rings. The van der Waals surface area contributed by atoms with Gasteiger partial charge in [-0.3, -0.25) is 0 Å². The summed E-state index contributed by atoms with van der Waals surface area (Å²) >= 11 is 1.78. The van der Waals surface area contributed by atoms with Crippen LogP contribution in [0.25, 0.3) is 11.0 Å². The third-order valence-electron chi connectivity index (χ3n) is 3.25. The van der Waals surface area contributed by atoms with Gasteiger partial charge in [-0.25, -0.2) is 0 Å². The Labute approximate surface area is 117 Å². The van der Waals surface area contributed by atoms with Crippen molar-refractivity contribution in [1.29, 1.82) is 0 Å². The van der Waals surface area contributed by atoms with Crippen molar-refractivity contribution in [2.45, 2.75) is 19.4 Å². The molecule has 0 spiro atoms. The summed E-state index contributed by atoms with van der Waals surface area (Å²) in [6.45, 7) is 3.19. The zero-order valence-corrected chi connectivity index (χ0v) is 11.7. The minimum atomic E-state index is 0.226. The molecule has 3 aromatic rings. The number of benzene rings is 1. The lowest BCUT2D eigenvalue weighted by molar-refractivity contribution is 0.576. The molecule has 0 saturated carbocycles. The summed E-state index contributed by atoms with van der Waals surface area (Å²) < 4.78 is 5.67. The van der Waals surface area contributed by atoms with E-state index < -0.39 is 0 Å². The maximum atomic E-state index is 5.67. The minimum absolute atomic E-state index is 0.226. The van der Waals surface area contributed by atoms with Crippen LogP contribution in [0.2, 0.25) is 0 Å². The number of furan rings is 1. The molecule has 0 saturated heterocycles. The van der Waals surface area contributed by atoms with Crippen LogP contribution in [0.1, 0.15) is 29.8 Å². The maximum absolute atomic E-state index is 5.67. The van der Waals surface area contributed by atoms with Crippen molar-refractivity contribution in [2.24, 2.45) is 0 Å². The molecule has 3 heteroatoms. The van der Waals surface area contributed by atoms with E-state index in [0.717, 1.165) is 18.5 Å². The van der Waals surface area contributed by atoms with Gasteiger partial charge >= 0.3 is 0 Å². The van der Waals surface area contributed by atoms with E-state index in [2.05, 4.69) is 41.9 Å². The van der Waals surface area contributed by atoms with Gasteiger partial charge in [-0.15, -0.1) is 11.3 Å². The van der Waals surface area contributed by atoms with Crippen molar-refractivity contribution < 1.29 is 4.42 Å². The second kappa shape index (κ2) is 5.59. The second-order valence-electron chi connectivity index (χ2n) is 4.59. The van der Waals surface area contributed by atoms with Crippen molar-refractivity contribution in [1.82, 2.24) is 5.32 Å². The zero-order valence-electron chi connectivity index (χ0n) is 10.9. The lowest BCUT2D eigenvalue weighted by Crippen LogP contribution is -2.22. The quantitative estimate of drug-likeness (QED) is 0.734. The predicted octanol–water partition coefficient (Wildman–Crippen LogP) is 4.58. The Morgan fingerprint density at radius 2 is 2.11 bits per heavy atom. The van der Waals surface area contributed by atoms with Gasteiger partial charge in [0.1, 0.15) is 5.58 Å². The normalized spacial score (nSPS) is 12.9. The molecule has 0 aliphatic heterocycles. The van der Waals surface area contributed by atoms with Gasteiger partial charge in [0.25, 0.3) is 0 Å². The number of nitrogens with one attached hydrogen (secondary N) is 1. The number of para-hydroxylation sites is 1. The first kappa shape index (κ1) is 12.5. The van der Waals surface area contributed by atoms with Gasteiger partial charge in [-0.2, -0.15) is 0 Å². The fraction of sp³-hybridized carbons (Fsp3) is 0.250. The number of rotatable bonds is 5. The Bertz CT molecular complexity index is 642. The van der Waals surface area contributed by atoms with Gasteiger partial charge in [-0.1, -0.05) is 31.2 Å². The molecule has 1 atom stereocenters. The fourth-order valence-corrected chi connectivity index (χ4v) is 3.15. The predicted molar refractivity (Wildman–Crippen MR) is 80.7 cm³/mol. The van der Waals surface area contributed by atoms with E-state index in [1.807, 2.05) is 18.4 Å². The van der Waals surface area contributed by atoms with Gasteiger partial charge in [0.05, 0.1) is 12.3 Å². The highest BCUT2D eigenvalue weighted by Gasteiger charge is 2.18. The fourth-order valence-electron chi connectivity index (χ4n) is 2.33. The molecule has 0 aliphatic carbocycles. The van der Waals surface area contributed by atoms with E-state index in [9.17, 15) is 0 Å². The molecule has 0 bridgehead atoms. The molecule has 0 amide bonds. The van der Waals surface area contributed by atoms with E-state index in [4.69, 9.17) is 4.42 Å². The zero-order chi connectivity index (χ0) is 13.1. The van der Waals surface area contributed by atoms with Crippen LogP contribution in [0.4, 0.5) is 0 Å². The van der Waals surface area contributed by atoms with Crippen LogP contribution in [-0.4, -0.2) is 6.54 Å². The van der Waals surface area contributed by atoms with E-state index in [1.165, 1.54) is 15.8 Å². The van der Waals surface area contributed by atoms with Crippen LogP contribution in [0, 0.1) is 0 Å². The third-order valence-corrected chi connectivity index (χ3v) is 4.19. The molecule has 2 nitrogen and oxygen atoms in total. The summed E-state index contributed by atoms with van der Waals surface area (Å²) in [5.41, 5.74) is 2.18. The molecule has 2 aromatic heterocycles. The first-order valence-corrected chi connectivity index (χ1v) is 7.51. The lowest BCUT2D eigenvalue weighted by Gasteiger charge is -2.16. The monoisotopic (exact) mass is 271 g/mol. The highest BCUT2D eigenvalue weighted by atomic mass is 32.1. The molecular formula is C16H17NOS. The van der Waals surface area contributed by atoms with Crippen LogP contribution in [0.3, 0.4) is 0 Å². The van der Waals surface area contributed by atoms with Crippen molar-refractivity contribution >= 4 is 22.3 Å². The highest BCUT2D eigenvalue weighted by molar-refractivity contribution is 7.10. The van der Waals surface area contributed by atoms with E-state index in [0.29, 0.717) is 0 Å². The van der Waals surface area contributed by atoms with Gasteiger partial charge < -0.3 is 9.73 Å². The Kier molecular flexibility index (Phi) is 3.67. The van der Waals surface area contributed by atoms with Gasteiger partial charge in [-0.05, 0) is 30.5 Å². The number of hydrogen-bond donors (Lipinski definition) is 1.